The van der Waals surface area contributed by atoms with Crippen molar-refractivity contribution in [1.29, 1.82) is 0 Å². The molecule has 4 nitrogen and oxygen atoms in total. The van der Waals surface area contributed by atoms with Gasteiger partial charge in [-0.1, -0.05) is 30.3 Å². The number of thiophene rings is 1. The summed E-state index contributed by atoms with van der Waals surface area (Å²) in [5, 5.41) is 3.38. The van der Waals surface area contributed by atoms with E-state index in [2.05, 4.69) is 51.4 Å². The molecule has 1 aliphatic rings. The van der Waals surface area contributed by atoms with Gasteiger partial charge in [0.05, 0.1) is 5.39 Å². The minimum Gasteiger partial charge on any atom is -0.355 e. The first-order chi connectivity index (χ1) is 11.2. The van der Waals surface area contributed by atoms with Crippen LogP contribution in [0.5, 0.6) is 0 Å². The monoisotopic (exact) mass is 324 g/mol. The van der Waals surface area contributed by atoms with E-state index >= 15 is 0 Å². The van der Waals surface area contributed by atoms with E-state index in [1.807, 2.05) is 6.07 Å². The van der Waals surface area contributed by atoms with E-state index in [0.717, 1.165) is 30.2 Å². The molecule has 1 atom stereocenters. The fourth-order valence-corrected chi connectivity index (χ4v) is 4.26. The average Bonchev–Trinajstić information content (AvgIpc) is 2.95. The highest BCUT2D eigenvalue weighted by molar-refractivity contribution is 7.17. The van der Waals surface area contributed by atoms with Crippen molar-refractivity contribution in [2.45, 2.75) is 19.4 Å². The highest BCUT2D eigenvalue weighted by Gasteiger charge is 2.30. The van der Waals surface area contributed by atoms with E-state index in [-0.39, 0.29) is 6.04 Å². The number of aromatic nitrogens is 2. The fourth-order valence-electron chi connectivity index (χ4n) is 3.35. The molecule has 4 rings (SSSR count). The van der Waals surface area contributed by atoms with Gasteiger partial charge in [0.1, 0.15) is 17.0 Å². The quantitative estimate of drug-likeness (QED) is 0.797. The lowest BCUT2D eigenvalue weighted by Crippen LogP contribution is -2.49. The first-order valence-electron chi connectivity index (χ1n) is 8.00. The Hall–Kier alpha value is -1.98. The molecule has 2 aromatic heterocycles. The first-order valence-corrected chi connectivity index (χ1v) is 8.88. The maximum atomic E-state index is 5.92. The fraction of sp³-hybridized carbons (Fsp3) is 0.333. The van der Waals surface area contributed by atoms with Crippen LogP contribution in [0.2, 0.25) is 0 Å². The Bertz CT molecular complexity index is 806. The SMILES string of the molecule is CC(N)CC1CN(c2ncnc3scc(-c4ccccc4)c23)C1. The molecule has 3 heterocycles. The predicted octanol–water partition coefficient (Wildman–Crippen LogP) is 3.53. The Morgan fingerprint density at radius 1 is 1.26 bits per heavy atom. The molecular formula is C18H20N4S. The third kappa shape index (κ3) is 2.71. The number of rotatable bonds is 4. The standard InChI is InChI=1S/C18H20N4S/c1-12(19)7-13-8-22(9-13)17-16-15(14-5-3-2-4-6-14)10-23-18(16)21-11-20-17/h2-6,10-13H,7-9,19H2,1H3. The lowest BCUT2D eigenvalue weighted by atomic mass is 9.92. The predicted molar refractivity (Wildman–Crippen MR) is 96.8 cm³/mol. The molecule has 1 aromatic carbocycles. The van der Waals surface area contributed by atoms with Gasteiger partial charge in [0.25, 0.3) is 0 Å². The van der Waals surface area contributed by atoms with Gasteiger partial charge in [0, 0.05) is 30.1 Å². The zero-order valence-corrected chi connectivity index (χ0v) is 14.0. The minimum atomic E-state index is 0.272. The van der Waals surface area contributed by atoms with Gasteiger partial charge in [0.15, 0.2) is 0 Å². The molecule has 1 saturated heterocycles. The average molecular weight is 324 g/mol. The molecule has 5 heteroatoms. The molecule has 2 N–H and O–H groups in total. The maximum Gasteiger partial charge on any atom is 0.141 e. The summed E-state index contributed by atoms with van der Waals surface area (Å²) >= 11 is 1.69. The second kappa shape index (κ2) is 5.91. The molecule has 118 valence electrons. The zero-order valence-electron chi connectivity index (χ0n) is 13.1. The number of nitrogens with zero attached hydrogens (tertiary/aromatic N) is 3. The molecular weight excluding hydrogens is 304 g/mol. The van der Waals surface area contributed by atoms with Gasteiger partial charge in [-0.05, 0) is 24.8 Å². The van der Waals surface area contributed by atoms with Crippen molar-refractivity contribution in [3.63, 3.8) is 0 Å². The van der Waals surface area contributed by atoms with Crippen molar-refractivity contribution in [3.8, 4) is 11.1 Å². The molecule has 0 saturated carbocycles. The number of fused-ring (bicyclic) bond motifs is 1. The Kier molecular flexibility index (Phi) is 3.75. The van der Waals surface area contributed by atoms with E-state index in [4.69, 9.17) is 5.73 Å². The van der Waals surface area contributed by atoms with Crippen molar-refractivity contribution < 1.29 is 0 Å². The summed E-state index contributed by atoms with van der Waals surface area (Å²) in [5.41, 5.74) is 8.38. The van der Waals surface area contributed by atoms with Gasteiger partial charge in [0.2, 0.25) is 0 Å². The first kappa shape index (κ1) is 14.6. The second-order valence-electron chi connectivity index (χ2n) is 6.38. The third-order valence-corrected chi connectivity index (χ3v) is 5.28. The Morgan fingerprint density at radius 3 is 2.78 bits per heavy atom. The van der Waals surface area contributed by atoms with Crippen LogP contribution in [0.4, 0.5) is 5.82 Å². The molecule has 0 aliphatic carbocycles. The number of benzene rings is 1. The van der Waals surface area contributed by atoms with Crippen LogP contribution in [0.3, 0.4) is 0 Å². The third-order valence-electron chi connectivity index (χ3n) is 4.40. The van der Waals surface area contributed by atoms with Crippen LogP contribution < -0.4 is 10.6 Å². The number of anilines is 1. The van der Waals surface area contributed by atoms with E-state index in [0.29, 0.717) is 5.92 Å². The summed E-state index contributed by atoms with van der Waals surface area (Å²) < 4.78 is 0. The van der Waals surface area contributed by atoms with Crippen molar-refractivity contribution in [1.82, 2.24) is 9.97 Å². The van der Waals surface area contributed by atoms with Crippen LogP contribution >= 0.6 is 11.3 Å². The van der Waals surface area contributed by atoms with Crippen molar-refractivity contribution in [2.75, 3.05) is 18.0 Å². The smallest absolute Gasteiger partial charge is 0.141 e. The molecule has 23 heavy (non-hydrogen) atoms. The molecule has 1 aliphatic heterocycles. The van der Waals surface area contributed by atoms with Crippen LogP contribution in [0.25, 0.3) is 21.3 Å². The van der Waals surface area contributed by atoms with Crippen molar-refractivity contribution >= 4 is 27.4 Å². The zero-order chi connectivity index (χ0) is 15.8. The summed E-state index contributed by atoms with van der Waals surface area (Å²) in [6.07, 6.45) is 2.77. The number of hydrogen-bond acceptors (Lipinski definition) is 5. The summed E-state index contributed by atoms with van der Waals surface area (Å²) in [6.45, 7) is 4.16. The van der Waals surface area contributed by atoms with Crippen LogP contribution in [0.1, 0.15) is 13.3 Å². The molecule has 1 fully saturated rings. The van der Waals surface area contributed by atoms with Gasteiger partial charge in [-0.3, -0.25) is 0 Å². The molecule has 1 unspecified atom stereocenters. The van der Waals surface area contributed by atoms with Gasteiger partial charge in [-0.15, -0.1) is 11.3 Å². The second-order valence-corrected chi connectivity index (χ2v) is 7.23. The van der Waals surface area contributed by atoms with E-state index < -0.39 is 0 Å². The number of nitrogens with two attached hydrogens (primary N) is 1. The number of hydrogen-bond donors (Lipinski definition) is 1. The Labute approximate surface area is 140 Å². The van der Waals surface area contributed by atoms with Crippen LogP contribution in [-0.4, -0.2) is 29.1 Å². The van der Waals surface area contributed by atoms with Gasteiger partial charge < -0.3 is 10.6 Å². The maximum absolute atomic E-state index is 5.92. The summed E-state index contributed by atoms with van der Waals surface area (Å²) in [4.78, 5) is 12.5. The molecule has 0 radical (unpaired) electrons. The highest BCUT2D eigenvalue weighted by atomic mass is 32.1. The van der Waals surface area contributed by atoms with E-state index in [9.17, 15) is 0 Å². The van der Waals surface area contributed by atoms with Gasteiger partial charge in [-0.25, -0.2) is 9.97 Å². The molecule has 0 spiro atoms. The summed E-state index contributed by atoms with van der Waals surface area (Å²) in [6, 6.07) is 10.8. The molecule has 0 amide bonds. The highest BCUT2D eigenvalue weighted by Crippen LogP contribution is 2.39. The van der Waals surface area contributed by atoms with Gasteiger partial charge in [-0.2, -0.15) is 0 Å². The normalized spacial score (nSPS) is 16.5. The summed E-state index contributed by atoms with van der Waals surface area (Å²) in [7, 11) is 0. The lowest BCUT2D eigenvalue weighted by Gasteiger charge is -2.41. The topological polar surface area (TPSA) is 55.0 Å². The van der Waals surface area contributed by atoms with E-state index in [1.54, 1.807) is 17.7 Å². The van der Waals surface area contributed by atoms with E-state index in [1.165, 1.54) is 16.5 Å². The lowest BCUT2D eigenvalue weighted by molar-refractivity contribution is 0.360. The van der Waals surface area contributed by atoms with Crippen molar-refractivity contribution in [2.24, 2.45) is 11.7 Å². The minimum absolute atomic E-state index is 0.272. The van der Waals surface area contributed by atoms with Crippen LogP contribution in [0, 0.1) is 5.92 Å². The summed E-state index contributed by atoms with van der Waals surface area (Å²) in [5.74, 6) is 1.75. The largest absolute Gasteiger partial charge is 0.355 e. The van der Waals surface area contributed by atoms with Crippen molar-refractivity contribution in [3.05, 3.63) is 42.0 Å². The Morgan fingerprint density at radius 2 is 2.04 bits per heavy atom. The molecule has 3 aromatic rings. The Balaban J connectivity index is 1.70. The van der Waals surface area contributed by atoms with Gasteiger partial charge >= 0.3 is 0 Å². The van der Waals surface area contributed by atoms with Crippen LogP contribution in [0.15, 0.2) is 42.0 Å². The molecule has 0 bridgehead atoms. The van der Waals surface area contributed by atoms with Crippen LogP contribution in [-0.2, 0) is 0 Å².